The molecule has 1 unspecified atom stereocenters. The molecule has 2 rings (SSSR count). The SMILES string of the molecule is CC(=O)N(Cc1ccc(NC(=O)CC2CCCN2)cc1)C(C)C.Cl. The van der Waals surface area contributed by atoms with Crippen LogP contribution in [0.4, 0.5) is 5.69 Å². The van der Waals surface area contributed by atoms with Gasteiger partial charge < -0.3 is 15.5 Å². The first-order valence-electron chi connectivity index (χ1n) is 8.35. The molecule has 1 atom stereocenters. The maximum absolute atomic E-state index is 12.0. The van der Waals surface area contributed by atoms with Crippen molar-refractivity contribution in [3.8, 4) is 0 Å². The van der Waals surface area contributed by atoms with Crippen molar-refractivity contribution in [2.45, 2.75) is 58.7 Å². The number of hydrogen-bond acceptors (Lipinski definition) is 3. The number of carbonyl (C=O) groups excluding carboxylic acids is 2. The molecule has 134 valence electrons. The first kappa shape index (κ1) is 20.5. The van der Waals surface area contributed by atoms with Gasteiger partial charge in [-0.15, -0.1) is 12.4 Å². The largest absolute Gasteiger partial charge is 0.336 e. The summed E-state index contributed by atoms with van der Waals surface area (Å²) in [5.74, 6) is 0.117. The molecule has 1 saturated heterocycles. The summed E-state index contributed by atoms with van der Waals surface area (Å²) in [7, 11) is 0. The summed E-state index contributed by atoms with van der Waals surface area (Å²) in [4.78, 5) is 25.5. The molecule has 0 aliphatic carbocycles. The molecule has 6 heteroatoms. The molecule has 5 nitrogen and oxygen atoms in total. The highest BCUT2D eigenvalue weighted by Crippen LogP contribution is 2.15. The van der Waals surface area contributed by atoms with E-state index in [-0.39, 0.29) is 30.3 Å². The third-order valence-electron chi connectivity index (χ3n) is 4.21. The molecule has 1 aromatic carbocycles. The van der Waals surface area contributed by atoms with Gasteiger partial charge in [0, 0.05) is 37.7 Å². The Balaban J connectivity index is 0.00000288. The van der Waals surface area contributed by atoms with E-state index in [0.717, 1.165) is 30.6 Å². The summed E-state index contributed by atoms with van der Waals surface area (Å²) >= 11 is 0. The van der Waals surface area contributed by atoms with E-state index in [1.165, 1.54) is 0 Å². The Morgan fingerprint density at radius 3 is 2.46 bits per heavy atom. The number of hydrogen-bond donors (Lipinski definition) is 2. The Labute approximate surface area is 150 Å². The molecule has 0 aromatic heterocycles. The van der Waals surface area contributed by atoms with E-state index < -0.39 is 0 Å². The predicted octanol–water partition coefficient (Wildman–Crippen LogP) is 2.95. The molecular weight excluding hydrogens is 326 g/mol. The Hall–Kier alpha value is -1.59. The number of rotatable bonds is 6. The number of nitrogens with zero attached hydrogens (tertiary/aromatic N) is 1. The van der Waals surface area contributed by atoms with Crippen LogP contribution in [0.5, 0.6) is 0 Å². The van der Waals surface area contributed by atoms with Crippen molar-refractivity contribution in [3.05, 3.63) is 29.8 Å². The minimum Gasteiger partial charge on any atom is -0.336 e. The van der Waals surface area contributed by atoms with Crippen molar-refractivity contribution in [1.29, 1.82) is 0 Å². The van der Waals surface area contributed by atoms with Crippen LogP contribution in [0.25, 0.3) is 0 Å². The molecule has 1 fully saturated rings. The first-order valence-corrected chi connectivity index (χ1v) is 8.35. The van der Waals surface area contributed by atoms with Gasteiger partial charge in [0.25, 0.3) is 0 Å². The van der Waals surface area contributed by atoms with Gasteiger partial charge in [0.1, 0.15) is 0 Å². The summed E-state index contributed by atoms with van der Waals surface area (Å²) in [6, 6.07) is 8.20. The average molecular weight is 354 g/mol. The molecule has 1 aliphatic rings. The zero-order valence-corrected chi connectivity index (χ0v) is 15.5. The van der Waals surface area contributed by atoms with E-state index in [2.05, 4.69) is 10.6 Å². The first-order chi connectivity index (χ1) is 11.0. The van der Waals surface area contributed by atoms with Gasteiger partial charge in [-0.25, -0.2) is 0 Å². The number of nitrogens with one attached hydrogen (secondary N) is 2. The van der Waals surface area contributed by atoms with Gasteiger partial charge in [-0.2, -0.15) is 0 Å². The summed E-state index contributed by atoms with van der Waals surface area (Å²) in [6.45, 7) is 7.20. The highest BCUT2D eigenvalue weighted by atomic mass is 35.5. The zero-order valence-electron chi connectivity index (χ0n) is 14.7. The van der Waals surface area contributed by atoms with Gasteiger partial charge in [-0.05, 0) is 50.9 Å². The molecule has 1 aliphatic heterocycles. The maximum Gasteiger partial charge on any atom is 0.225 e. The van der Waals surface area contributed by atoms with Crippen LogP contribution in [-0.2, 0) is 16.1 Å². The van der Waals surface area contributed by atoms with Gasteiger partial charge in [0.05, 0.1) is 0 Å². The van der Waals surface area contributed by atoms with Crippen molar-refractivity contribution in [2.24, 2.45) is 0 Å². The van der Waals surface area contributed by atoms with Crippen LogP contribution in [0.1, 0.15) is 45.6 Å². The van der Waals surface area contributed by atoms with Crippen LogP contribution in [0.15, 0.2) is 24.3 Å². The monoisotopic (exact) mass is 353 g/mol. The fraction of sp³-hybridized carbons (Fsp3) is 0.556. The van der Waals surface area contributed by atoms with Crippen LogP contribution in [0.3, 0.4) is 0 Å². The lowest BCUT2D eigenvalue weighted by molar-refractivity contribution is -0.131. The van der Waals surface area contributed by atoms with E-state index in [0.29, 0.717) is 19.0 Å². The zero-order chi connectivity index (χ0) is 16.8. The number of amides is 2. The second-order valence-electron chi connectivity index (χ2n) is 6.48. The quantitative estimate of drug-likeness (QED) is 0.826. The summed E-state index contributed by atoms with van der Waals surface area (Å²) in [5, 5.41) is 6.26. The normalized spacial score (nSPS) is 16.6. The third-order valence-corrected chi connectivity index (χ3v) is 4.21. The highest BCUT2D eigenvalue weighted by molar-refractivity contribution is 5.91. The van der Waals surface area contributed by atoms with Gasteiger partial charge in [0.2, 0.25) is 11.8 Å². The third kappa shape index (κ3) is 6.13. The van der Waals surface area contributed by atoms with Crippen molar-refractivity contribution < 1.29 is 9.59 Å². The van der Waals surface area contributed by atoms with Gasteiger partial charge >= 0.3 is 0 Å². The van der Waals surface area contributed by atoms with Gasteiger partial charge in [-0.1, -0.05) is 12.1 Å². The second kappa shape index (κ2) is 9.64. The predicted molar refractivity (Wildman–Crippen MR) is 99.3 cm³/mol. The number of halogens is 1. The summed E-state index contributed by atoms with van der Waals surface area (Å²) in [6.07, 6.45) is 2.74. The highest BCUT2D eigenvalue weighted by Gasteiger charge is 2.17. The molecule has 2 amide bonds. The van der Waals surface area contributed by atoms with Crippen LogP contribution in [0.2, 0.25) is 0 Å². The minimum absolute atomic E-state index is 0. The van der Waals surface area contributed by atoms with Crippen LogP contribution < -0.4 is 10.6 Å². The number of anilines is 1. The topological polar surface area (TPSA) is 61.4 Å². The molecule has 0 saturated carbocycles. The Bertz CT molecular complexity index is 540. The molecule has 24 heavy (non-hydrogen) atoms. The smallest absolute Gasteiger partial charge is 0.225 e. The van der Waals surface area contributed by atoms with Crippen LogP contribution >= 0.6 is 12.4 Å². The van der Waals surface area contributed by atoms with Crippen molar-refractivity contribution in [3.63, 3.8) is 0 Å². The molecule has 0 bridgehead atoms. The van der Waals surface area contributed by atoms with E-state index in [4.69, 9.17) is 0 Å². The molecular formula is C18H28ClN3O2. The molecule has 1 heterocycles. The van der Waals surface area contributed by atoms with E-state index >= 15 is 0 Å². The van der Waals surface area contributed by atoms with Gasteiger partial charge in [0.15, 0.2) is 0 Å². The summed E-state index contributed by atoms with van der Waals surface area (Å²) < 4.78 is 0. The number of benzene rings is 1. The van der Waals surface area contributed by atoms with E-state index in [9.17, 15) is 9.59 Å². The molecule has 1 aromatic rings. The maximum atomic E-state index is 12.0. The van der Waals surface area contributed by atoms with Crippen molar-refractivity contribution in [2.75, 3.05) is 11.9 Å². The van der Waals surface area contributed by atoms with E-state index in [1.54, 1.807) is 6.92 Å². The minimum atomic E-state index is 0. The molecule has 0 spiro atoms. The fourth-order valence-corrected chi connectivity index (χ4v) is 2.91. The number of carbonyl (C=O) groups is 2. The fourth-order valence-electron chi connectivity index (χ4n) is 2.91. The van der Waals surface area contributed by atoms with Crippen LogP contribution in [-0.4, -0.2) is 35.3 Å². The molecule has 0 radical (unpaired) electrons. The second-order valence-corrected chi connectivity index (χ2v) is 6.48. The Morgan fingerprint density at radius 2 is 1.96 bits per heavy atom. The lowest BCUT2D eigenvalue weighted by Gasteiger charge is -2.25. The Morgan fingerprint density at radius 1 is 1.29 bits per heavy atom. The molecule has 2 N–H and O–H groups in total. The van der Waals surface area contributed by atoms with E-state index in [1.807, 2.05) is 43.0 Å². The average Bonchev–Trinajstić information content (AvgIpc) is 2.98. The standard InChI is InChI=1S/C18H27N3O2.ClH/c1-13(2)21(14(3)22)12-15-6-8-16(9-7-15)20-18(23)11-17-5-4-10-19-17;/h6-9,13,17,19H,4-5,10-12H2,1-3H3,(H,20,23);1H. The Kier molecular flexibility index (Phi) is 8.22. The lowest BCUT2D eigenvalue weighted by Crippen LogP contribution is -2.34. The van der Waals surface area contributed by atoms with Crippen LogP contribution in [0, 0.1) is 0 Å². The summed E-state index contributed by atoms with van der Waals surface area (Å²) in [5.41, 5.74) is 1.86. The van der Waals surface area contributed by atoms with Crippen molar-refractivity contribution >= 4 is 29.9 Å². The van der Waals surface area contributed by atoms with Gasteiger partial charge in [-0.3, -0.25) is 9.59 Å². The lowest BCUT2D eigenvalue weighted by atomic mass is 10.1. The van der Waals surface area contributed by atoms with Crippen molar-refractivity contribution in [1.82, 2.24) is 10.2 Å².